The van der Waals surface area contributed by atoms with Crippen molar-refractivity contribution in [3.05, 3.63) is 47.5 Å². The summed E-state index contributed by atoms with van der Waals surface area (Å²) >= 11 is 0. The lowest BCUT2D eigenvalue weighted by molar-refractivity contribution is -0.182. The molecule has 1 aliphatic rings. The maximum Gasteiger partial charge on any atom is 0.393 e. The van der Waals surface area contributed by atoms with Crippen LogP contribution in [0.1, 0.15) is 36.6 Å². The Hall–Kier alpha value is -1.89. The van der Waals surface area contributed by atoms with Gasteiger partial charge < -0.3 is 4.57 Å². The van der Waals surface area contributed by atoms with E-state index in [1.807, 2.05) is 37.4 Å². The van der Waals surface area contributed by atoms with E-state index in [0.29, 0.717) is 24.6 Å². The maximum atomic E-state index is 13.0. The first-order valence-corrected chi connectivity index (χ1v) is 8.09. The molecular formula is C17H21F3N4. The van der Waals surface area contributed by atoms with Crippen molar-refractivity contribution in [2.24, 2.45) is 5.92 Å². The highest BCUT2D eigenvalue weighted by Gasteiger charge is 2.42. The van der Waals surface area contributed by atoms with E-state index in [1.165, 1.54) is 0 Å². The summed E-state index contributed by atoms with van der Waals surface area (Å²) < 4.78 is 40.7. The van der Waals surface area contributed by atoms with Crippen LogP contribution in [-0.4, -0.2) is 32.9 Å². The van der Waals surface area contributed by atoms with Crippen LogP contribution in [0.4, 0.5) is 13.2 Å². The fraction of sp³-hybridized carbons (Fsp3) is 0.529. The standard InChI is InChI=1S/C17H21F3N4/c1-12(13-6-4-3-5-7-13)23(2)11-16-22-21-15-9-8-14(10-24(15)16)17(18,19)20/h3-7,12,14H,8-11H2,1-2H3. The van der Waals surface area contributed by atoms with Crippen LogP contribution in [0.15, 0.2) is 30.3 Å². The predicted molar refractivity (Wildman–Crippen MR) is 84.2 cm³/mol. The van der Waals surface area contributed by atoms with Crippen molar-refractivity contribution >= 4 is 0 Å². The molecule has 130 valence electrons. The van der Waals surface area contributed by atoms with Gasteiger partial charge in [-0.3, -0.25) is 4.90 Å². The minimum Gasteiger partial charge on any atom is -0.313 e. The molecule has 2 aromatic rings. The first kappa shape index (κ1) is 17.0. The van der Waals surface area contributed by atoms with Crippen molar-refractivity contribution in [2.45, 2.75) is 45.1 Å². The van der Waals surface area contributed by atoms with E-state index in [9.17, 15) is 13.2 Å². The monoisotopic (exact) mass is 338 g/mol. The fourth-order valence-electron chi connectivity index (χ4n) is 3.11. The molecule has 0 amide bonds. The Balaban J connectivity index is 1.74. The summed E-state index contributed by atoms with van der Waals surface area (Å²) in [5.74, 6) is -0.0490. The normalized spacial score (nSPS) is 19.3. The second kappa shape index (κ2) is 6.55. The van der Waals surface area contributed by atoms with E-state index in [1.54, 1.807) is 4.57 Å². The van der Waals surface area contributed by atoms with E-state index in [2.05, 4.69) is 22.0 Å². The first-order chi connectivity index (χ1) is 11.4. The topological polar surface area (TPSA) is 34.0 Å². The molecule has 1 aromatic heterocycles. The largest absolute Gasteiger partial charge is 0.393 e. The number of rotatable bonds is 4. The molecule has 0 N–H and O–H groups in total. The summed E-state index contributed by atoms with van der Waals surface area (Å²) in [5.41, 5.74) is 1.16. The highest BCUT2D eigenvalue weighted by Crippen LogP contribution is 2.34. The van der Waals surface area contributed by atoms with Crippen molar-refractivity contribution < 1.29 is 13.2 Å². The zero-order valence-electron chi connectivity index (χ0n) is 13.8. The van der Waals surface area contributed by atoms with Crippen LogP contribution in [0.25, 0.3) is 0 Å². The number of aromatic nitrogens is 3. The lowest BCUT2D eigenvalue weighted by atomic mass is 9.99. The zero-order chi connectivity index (χ0) is 17.3. The molecule has 1 aromatic carbocycles. The predicted octanol–water partition coefficient (Wildman–Crippen LogP) is 3.60. The third-order valence-corrected chi connectivity index (χ3v) is 4.82. The molecular weight excluding hydrogens is 317 g/mol. The first-order valence-electron chi connectivity index (χ1n) is 8.09. The number of hydrogen-bond acceptors (Lipinski definition) is 3. The Labute approximate surface area is 139 Å². The number of aryl methyl sites for hydroxylation is 1. The second-order valence-corrected chi connectivity index (χ2v) is 6.42. The van der Waals surface area contributed by atoms with Crippen LogP contribution in [0, 0.1) is 5.92 Å². The Kier molecular flexibility index (Phi) is 4.62. The van der Waals surface area contributed by atoms with Crippen molar-refractivity contribution in [2.75, 3.05) is 7.05 Å². The van der Waals surface area contributed by atoms with Crippen LogP contribution in [-0.2, 0) is 19.5 Å². The molecule has 0 saturated carbocycles. The van der Waals surface area contributed by atoms with E-state index >= 15 is 0 Å². The van der Waals surface area contributed by atoms with Gasteiger partial charge in [-0.15, -0.1) is 10.2 Å². The Morgan fingerprint density at radius 2 is 1.96 bits per heavy atom. The third kappa shape index (κ3) is 3.45. The molecule has 0 aliphatic carbocycles. The van der Waals surface area contributed by atoms with Crippen molar-refractivity contribution in [1.82, 2.24) is 19.7 Å². The molecule has 0 saturated heterocycles. The van der Waals surface area contributed by atoms with E-state index in [0.717, 1.165) is 5.56 Å². The molecule has 2 atom stereocenters. The Morgan fingerprint density at radius 3 is 2.62 bits per heavy atom. The van der Waals surface area contributed by atoms with Crippen molar-refractivity contribution in [3.63, 3.8) is 0 Å². The maximum absolute atomic E-state index is 13.0. The molecule has 2 unspecified atom stereocenters. The highest BCUT2D eigenvalue weighted by atomic mass is 19.4. The van der Waals surface area contributed by atoms with Gasteiger partial charge in [-0.2, -0.15) is 13.2 Å². The summed E-state index contributed by atoms with van der Waals surface area (Å²) in [6.07, 6.45) is -3.74. The number of alkyl halides is 3. The molecule has 2 heterocycles. The van der Waals surface area contributed by atoms with Gasteiger partial charge in [0.15, 0.2) is 0 Å². The van der Waals surface area contributed by atoms with Gasteiger partial charge in [0.1, 0.15) is 11.6 Å². The number of halogens is 3. The lowest BCUT2D eigenvalue weighted by Crippen LogP contribution is -2.33. The SMILES string of the molecule is CC(c1ccccc1)N(C)Cc1nnc2n1CC(C(F)(F)F)CC2. The van der Waals surface area contributed by atoms with Gasteiger partial charge in [-0.1, -0.05) is 30.3 Å². The van der Waals surface area contributed by atoms with Crippen LogP contribution in [0.2, 0.25) is 0 Å². The summed E-state index contributed by atoms with van der Waals surface area (Å²) in [7, 11) is 1.95. The molecule has 1 aliphatic heterocycles. The minimum absolute atomic E-state index is 0.0747. The molecule has 0 fully saturated rings. The quantitative estimate of drug-likeness (QED) is 0.854. The molecule has 7 heteroatoms. The number of nitrogens with zero attached hydrogens (tertiary/aromatic N) is 4. The number of hydrogen-bond donors (Lipinski definition) is 0. The Bertz CT molecular complexity index is 681. The summed E-state index contributed by atoms with van der Waals surface area (Å²) in [5, 5.41) is 8.21. The van der Waals surface area contributed by atoms with Gasteiger partial charge in [0.05, 0.1) is 12.5 Å². The number of fused-ring (bicyclic) bond motifs is 1. The van der Waals surface area contributed by atoms with Gasteiger partial charge in [0.25, 0.3) is 0 Å². The van der Waals surface area contributed by atoms with Crippen LogP contribution in [0.3, 0.4) is 0 Å². The summed E-state index contributed by atoms with van der Waals surface area (Å²) in [4.78, 5) is 2.07. The van der Waals surface area contributed by atoms with E-state index in [4.69, 9.17) is 0 Å². The molecule has 0 radical (unpaired) electrons. The summed E-state index contributed by atoms with van der Waals surface area (Å²) in [6, 6.07) is 10.1. The average molecular weight is 338 g/mol. The second-order valence-electron chi connectivity index (χ2n) is 6.42. The molecule has 4 nitrogen and oxygen atoms in total. The highest BCUT2D eigenvalue weighted by molar-refractivity contribution is 5.18. The lowest BCUT2D eigenvalue weighted by Gasteiger charge is -2.28. The van der Waals surface area contributed by atoms with Gasteiger partial charge in [-0.25, -0.2) is 0 Å². The van der Waals surface area contributed by atoms with Gasteiger partial charge in [0, 0.05) is 19.0 Å². The van der Waals surface area contributed by atoms with Crippen molar-refractivity contribution in [1.29, 1.82) is 0 Å². The summed E-state index contributed by atoms with van der Waals surface area (Å²) in [6.45, 7) is 2.46. The zero-order valence-corrected chi connectivity index (χ0v) is 13.8. The van der Waals surface area contributed by atoms with Crippen LogP contribution >= 0.6 is 0 Å². The van der Waals surface area contributed by atoms with E-state index < -0.39 is 12.1 Å². The van der Waals surface area contributed by atoms with Gasteiger partial charge in [-0.05, 0) is 26.0 Å². The van der Waals surface area contributed by atoms with Crippen LogP contribution < -0.4 is 0 Å². The fourth-order valence-corrected chi connectivity index (χ4v) is 3.11. The number of benzene rings is 1. The molecule has 0 bridgehead atoms. The van der Waals surface area contributed by atoms with E-state index in [-0.39, 0.29) is 19.0 Å². The minimum atomic E-state index is -4.16. The molecule has 0 spiro atoms. The van der Waals surface area contributed by atoms with Crippen LogP contribution in [0.5, 0.6) is 0 Å². The molecule has 3 rings (SSSR count). The average Bonchev–Trinajstić information content (AvgIpc) is 2.96. The Morgan fingerprint density at radius 1 is 1.25 bits per heavy atom. The van der Waals surface area contributed by atoms with Gasteiger partial charge in [0.2, 0.25) is 0 Å². The smallest absolute Gasteiger partial charge is 0.313 e. The third-order valence-electron chi connectivity index (χ3n) is 4.82. The van der Waals surface area contributed by atoms with Gasteiger partial charge >= 0.3 is 6.18 Å². The molecule has 24 heavy (non-hydrogen) atoms. The van der Waals surface area contributed by atoms with Crippen molar-refractivity contribution in [3.8, 4) is 0 Å².